The van der Waals surface area contributed by atoms with Crippen molar-refractivity contribution in [2.24, 2.45) is 5.41 Å². The molecule has 1 N–H and O–H groups in total. The molecule has 1 unspecified atom stereocenters. The summed E-state index contributed by atoms with van der Waals surface area (Å²) in [7, 11) is 0. The van der Waals surface area contributed by atoms with Gasteiger partial charge in [-0.1, -0.05) is 38.1 Å². The SMILES string of the molecule is Cc1ccccc1C(C)NC1CCC(C)(C)CC1. The van der Waals surface area contributed by atoms with Gasteiger partial charge in [0, 0.05) is 12.1 Å². The summed E-state index contributed by atoms with van der Waals surface area (Å²) >= 11 is 0. The van der Waals surface area contributed by atoms with E-state index in [0.717, 1.165) is 0 Å². The second kappa shape index (κ2) is 5.44. The highest BCUT2D eigenvalue weighted by Crippen LogP contribution is 2.35. The fourth-order valence-electron chi connectivity index (χ4n) is 3.08. The van der Waals surface area contributed by atoms with Gasteiger partial charge in [0.1, 0.15) is 0 Å². The topological polar surface area (TPSA) is 12.0 Å². The van der Waals surface area contributed by atoms with Gasteiger partial charge in [-0.2, -0.15) is 0 Å². The molecule has 0 heterocycles. The Labute approximate surface area is 112 Å². The van der Waals surface area contributed by atoms with Crippen LogP contribution in [0.4, 0.5) is 0 Å². The molecule has 1 saturated carbocycles. The molecule has 0 bridgehead atoms. The zero-order chi connectivity index (χ0) is 13.2. The normalized spacial score (nSPS) is 21.8. The molecule has 1 aromatic carbocycles. The van der Waals surface area contributed by atoms with Crippen LogP contribution in [0.15, 0.2) is 24.3 Å². The van der Waals surface area contributed by atoms with Crippen LogP contribution in [0.1, 0.15) is 63.6 Å². The standard InChI is InChI=1S/C17H27N/c1-13-7-5-6-8-16(13)14(2)18-15-9-11-17(3,4)12-10-15/h5-8,14-15,18H,9-12H2,1-4H3. The number of nitrogens with one attached hydrogen (secondary N) is 1. The number of benzene rings is 1. The van der Waals surface area contributed by atoms with Gasteiger partial charge in [0.15, 0.2) is 0 Å². The third kappa shape index (κ3) is 3.35. The second-order valence-electron chi connectivity index (χ2n) is 6.68. The van der Waals surface area contributed by atoms with Gasteiger partial charge in [-0.3, -0.25) is 0 Å². The van der Waals surface area contributed by atoms with Crippen LogP contribution in [0, 0.1) is 12.3 Å². The maximum atomic E-state index is 3.81. The van der Waals surface area contributed by atoms with Gasteiger partial charge in [-0.05, 0) is 56.1 Å². The third-order valence-corrected chi connectivity index (χ3v) is 4.48. The summed E-state index contributed by atoms with van der Waals surface area (Å²) in [6, 6.07) is 9.89. The van der Waals surface area contributed by atoms with Crippen LogP contribution in [0.2, 0.25) is 0 Å². The van der Waals surface area contributed by atoms with E-state index in [0.29, 0.717) is 17.5 Å². The van der Waals surface area contributed by atoms with Crippen molar-refractivity contribution in [3.8, 4) is 0 Å². The zero-order valence-corrected chi connectivity index (χ0v) is 12.3. The smallest absolute Gasteiger partial charge is 0.0296 e. The molecule has 1 fully saturated rings. The third-order valence-electron chi connectivity index (χ3n) is 4.48. The molecule has 0 aromatic heterocycles. The van der Waals surface area contributed by atoms with Crippen LogP contribution in [0.3, 0.4) is 0 Å². The van der Waals surface area contributed by atoms with Crippen LogP contribution >= 0.6 is 0 Å². The predicted octanol–water partition coefficient (Wildman–Crippen LogP) is 4.61. The van der Waals surface area contributed by atoms with Crippen molar-refractivity contribution in [3.63, 3.8) is 0 Å². The second-order valence-corrected chi connectivity index (χ2v) is 6.68. The summed E-state index contributed by atoms with van der Waals surface area (Å²) < 4.78 is 0. The lowest BCUT2D eigenvalue weighted by atomic mass is 9.75. The first kappa shape index (κ1) is 13.6. The molecule has 0 radical (unpaired) electrons. The van der Waals surface area contributed by atoms with Crippen molar-refractivity contribution >= 4 is 0 Å². The van der Waals surface area contributed by atoms with E-state index in [-0.39, 0.29) is 0 Å². The van der Waals surface area contributed by atoms with Crippen molar-refractivity contribution in [1.82, 2.24) is 5.32 Å². The minimum absolute atomic E-state index is 0.470. The highest BCUT2D eigenvalue weighted by molar-refractivity contribution is 5.28. The van der Waals surface area contributed by atoms with Crippen molar-refractivity contribution in [1.29, 1.82) is 0 Å². The summed E-state index contributed by atoms with van der Waals surface area (Å²) in [5.41, 5.74) is 3.40. The molecule has 0 amide bonds. The highest BCUT2D eigenvalue weighted by atomic mass is 14.9. The highest BCUT2D eigenvalue weighted by Gasteiger charge is 2.27. The van der Waals surface area contributed by atoms with Gasteiger partial charge in [-0.25, -0.2) is 0 Å². The van der Waals surface area contributed by atoms with Crippen molar-refractivity contribution in [2.45, 2.75) is 65.5 Å². The van der Waals surface area contributed by atoms with Crippen molar-refractivity contribution in [3.05, 3.63) is 35.4 Å². The first-order chi connectivity index (χ1) is 8.48. The van der Waals surface area contributed by atoms with Crippen LogP contribution < -0.4 is 5.32 Å². The van der Waals surface area contributed by atoms with Gasteiger partial charge in [0.2, 0.25) is 0 Å². The number of rotatable bonds is 3. The number of aryl methyl sites for hydroxylation is 1. The molecule has 0 aliphatic heterocycles. The first-order valence-corrected chi connectivity index (χ1v) is 7.29. The Morgan fingerprint density at radius 3 is 2.39 bits per heavy atom. The zero-order valence-electron chi connectivity index (χ0n) is 12.3. The van der Waals surface area contributed by atoms with Crippen LogP contribution in [0.25, 0.3) is 0 Å². The van der Waals surface area contributed by atoms with E-state index >= 15 is 0 Å². The summed E-state index contributed by atoms with van der Waals surface area (Å²) in [6.45, 7) is 9.29. The van der Waals surface area contributed by atoms with E-state index in [4.69, 9.17) is 0 Å². The summed E-state index contributed by atoms with van der Waals surface area (Å²) in [5, 5.41) is 3.81. The van der Waals surface area contributed by atoms with Gasteiger partial charge in [-0.15, -0.1) is 0 Å². The van der Waals surface area contributed by atoms with Crippen LogP contribution in [-0.2, 0) is 0 Å². The monoisotopic (exact) mass is 245 g/mol. The predicted molar refractivity (Wildman–Crippen MR) is 78.8 cm³/mol. The lowest BCUT2D eigenvalue weighted by Crippen LogP contribution is -2.37. The molecule has 1 aliphatic carbocycles. The van der Waals surface area contributed by atoms with Gasteiger partial charge in [0.25, 0.3) is 0 Å². The van der Waals surface area contributed by atoms with E-state index in [2.05, 4.69) is 57.3 Å². The van der Waals surface area contributed by atoms with E-state index in [9.17, 15) is 0 Å². The Balaban J connectivity index is 1.93. The molecule has 1 atom stereocenters. The summed E-state index contributed by atoms with van der Waals surface area (Å²) in [4.78, 5) is 0. The Hall–Kier alpha value is -0.820. The lowest BCUT2D eigenvalue weighted by molar-refractivity contribution is 0.200. The maximum Gasteiger partial charge on any atom is 0.0296 e. The fourth-order valence-corrected chi connectivity index (χ4v) is 3.08. The van der Waals surface area contributed by atoms with Crippen molar-refractivity contribution < 1.29 is 0 Å². The summed E-state index contributed by atoms with van der Waals surface area (Å²) in [6.07, 6.45) is 5.35. The van der Waals surface area contributed by atoms with Gasteiger partial charge < -0.3 is 5.32 Å². The van der Waals surface area contributed by atoms with E-state index < -0.39 is 0 Å². The fraction of sp³-hybridized carbons (Fsp3) is 0.647. The average Bonchev–Trinajstić information content (AvgIpc) is 2.32. The number of hydrogen-bond acceptors (Lipinski definition) is 1. The maximum absolute atomic E-state index is 3.81. The van der Waals surface area contributed by atoms with E-state index in [1.807, 2.05) is 0 Å². The average molecular weight is 245 g/mol. The molecular formula is C17H27N. The van der Waals surface area contributed by atoms with Gasteiger partial charge >= 0.3 is 0 Å². The molecule has 1 nitrogen and oxygen atoms in total. The molecule has 0 saturated heterocycles. The Morgan fingerprint density at radius 2 is 1.78 bits per heavy atom. The molecule has 1 heteroatoms. The van der Waals surface area contributed by atoms with Crippen LogP contribution in [0.5, 0.6) is 0 Å². The molecular weight excluding hydrogens is 218 g/mol. The molecule has 1 aromatic rings. The van der Waals surface area contributed by atoms with Crippen molar-refractivity contribution in [2.75, 3.05) is 0 Å². The molecule has 2 rings (SSSR count). The quantitative estimate of drug-likeness (QED) is 0.819. The minimum atomic E-state index is 0.470. The largest absolute Gasteiger partial charge is 0.307 e. The van der Waals surface area contributed by atoms with Gasteiger partial charge in [0.05, 0.1) is 0 Å². The Bertz CT molecular complexity index is 384. The Kier molecular flexibility index (Phi) is 4.11. The lowest BCUT2D eigenvalue weighted by Gasteiger charge is -2.36. The summed E-state index contributed by atoms with van der Waals surface area (Å²) in [5.74, 6) is 0. The van der Waals surface area contributed by atoms with Crippen LogP contribution in [-0.4, -0.2) is 6.04 Å². The minimum Gasteiger partial charge on any atom is -0.307 e. The molecule has 100 valence electrons. The first-order valence-electron chi connectivity index (χ1n) is 7.29. The van der Waals surface area contributed by atoms with E-state index in [1.54, 1.807) is 0 Å². The molecule has 18 heavy (non-hydrogen) atoms. The van der Waals surface area contributed by atoms with E-state index in [1.165, 1.54) is 36.8 Å². The molecule has 0 spiro atoms. The number of hydrogen-bond donors (Lipinski definition) is 1. The molecule has 1 aliphatic rings. The Morgan fingerprint density at radius 1 is 1.17 bits per heavy atom.